The summed E-state index contributed by atoms with van der Waals surface area (Å²) in [6.07, 6.45) is 6.12. The lowest BCUT2D eigenvalue weighted by Gasteiger charge is -2.14. The van der Waals surface area contributed by atoms with Crippen molar-refractivity contribution in [3.05, 3.63) is 47.0 Å². The van der Waals surface area contributed by atoms with Crippen LogP contribution in [-0.4, -0.2) is 21.7 Å². The lowest BCUT2D eigenvalue weighted by atomic mass is 9.95. The molecule has 22 heavy (non-hydrogen) atoms. The second kappa shape index (κ2) is 5.23. The molecule has 0 atom stereocenters. The van der Waals surface area contributed by atoms with Crippen LogP contribution in [0.1, 0.15) is 47.4 Å². The van der Waals surface area contributed by atoms with Crippen LogP contribution in [0.15, 0.2) is 24.3 Å². The van der Waals surface area contributed by atoms with Crippen LogP contribution in [-0.2, 0) is 12.8 Å². The number of hydrogen-bond donors (Lipinski definition) is 1. The molecule has 4 nitrogen and oxygen atoms in total. The average molecular weight is 299 g/mol. The Bertz CT molecular complexity index is 716. The fraction of sp³-hybridized carbons (Fsp3) is 0.412. The predicted octanol–water partition coefficient (Wildman–Crippen LogP) is 2.78. The standard InChI is InChI=1S/C17H18FN3O/c18-11-5-9-13(10-6-11)21-15-4-2-1-3-14(15)16(20-21)17(22)19-12-7-8-12/h5-6,9-10,12H,1-4,7-8H2,(H,19,22). The Morgan fingerprint density at radius 2 is 1.91 bits per heavy atom. The van der Waals surface area contributed by atoms with E-state index in [1.54, 1.807) is 12.1 Å². The van der Waals surface area contributed by atoms with Crippen molar-refractivity contribution >= 4 is 5.91 Å². The maximum Gasteiger partial charge on any atom is 0.272 e. The highest BCUT2D eigenvalue weighted by atomic mass is 19.1. The van der Waals surface area contributed by atoms with Gasteiger partial charge in [-0.05, 0) is 62.8 Å². The maximum atomic E-state index is 13.1. The highest BCUT2D eigenvalue weighted by Crippen LogP contribution is 2.28. The fourth-order valence-electron chi connectivity index (χ4n) is 3.06. The SMILES string of the molecule is O=C(NC1CC1)c1nn(-c2ccc(F)cc2)c2c1CCCC2. The first-order valence-electron chi connectivity index (χ1n) is 7.90. The summed E-state index contributed by atoms with van der Waals surface area (Å²) in [4.78, 5) is 12.4. The lowest BCUT2D eigenvalue weighted by Crippen LogP contribution is -2.27. The summed E-state index contributed by atoms with van der Waals surface area (Å²) >= 11 is 0. The van der Waals surface area contributed by atoms with Crippen LogP contribution in [0.5, 0.6) is 0 Å². The van der Waals surface area contributed by atoms with Crippen LogP contribution in [0.25, 0.3) is 5.69 Å². The van der Waals surface area contributed by atoms with Crippen molar-refractivity contribution in [3.8, 4) is 5.69 Å². The van der Waals surface area contributed by atoms with Gasteiger partial charge in [-0.2, -0.15) is 5.10 Å². The first-order chi connectivity index (χ1) is 10.7. The molecule has 2 aliphatic carbocycles. The summed E-state index contributed by atoms with van der Waals surface area (Å²) in [6.45, 7) is 0. The van der Waals surface area contributed by atoms with Gasteiger partial charge in [0.2, 0.25) is 0 Å². The van der Waals surface area contributed by atoms with Crippen molar-refractivity contribution in [2.75, 3.05) is 0 Å². The van der Waals surface area contributed by atoms with Crippen LogP contribution in [0.3, 0.4) is 0 Å². The number of carbonyl (C=O) groups excluding carboxylic acids is 1. The summed E-state index contributed by atoms with van der Waals surface area (Å²) in [5.41, 5.74) is 3.52. The van der Waals surface area contributed by atoms with Crippen molar-refractivity contribution in [3.63, 3.8) is 0 Å². The number of carbonyl (C=O) groups is 1. The van der Waals surface area contributed by atoms with Crippen LogP contribution in [0, 0.1) is 5.82 Å². The lowest BCUT2D eigenvalue weighted by molar-refractivity contribution is 0.0944. The first-order valence-corrected chi connectivity index (χ1v) is 7.90. The van der Waals surface area contributed by atoms with Crippen LogP contribution >= 0.6 is 0 Å². The number of halogens is 1. The van der Waals surface area contributed by atoms with Gasteiger partial charge in [-0.15, -0.1) is 0 Å². The van der Waals surface area contributed by atoms with Gasteiger partial charge < -0.3 is 5.32 Å². The van der Waals surface area contributed by atoms with E-state index in [0.717, 1.165) is 55.5 Å². The van der Waals surface area contributed by atoms with Crippen molar-refractivity contribution in [2.24, 2.45) is 0 Å². The van der Waals surface area contributed by atoms with Crippen LogP contribution in [0.2, 0.25) is 0 Å². The van der Waals surface area contributed by atoms with Gasteiger partial charge in [0, 0.05) is 17.3 Å². The predicted molar refractivity (Wildman–Crippen MR) is 80.7 cm³/mol. The molecular formula is C17H18FN3O. The third-order valence-corrected chi connectivity index (χ3v) is 4.38. The van der Waals surface area contributed by atoms with Crippen molar-refractivity contribution in [1.82, 2.24) is 15.1 Å². The Labute approximate surface area is 128 Å². The number of amides is 1. The third kappa shape index (κ3) is 2.40. The molecular weight excluding hydrogens is 281 g/mol. The topological polar surface area (TPSA) is 46.9 Å². The van der Waals surface area contributed by atoms with E-state index in [-0.39, 0.29) is 11.7 Å². The quantitative estimate of drug-likeness (QED) is 0.947. The first kappa shape index (κ1) is 13.5. The molecule has 114 valence electrons. The Balaban J connectivity index is 1.76. The molecule has 1 saturated carbocycles. The van der Waals surface area contributed by atoms with Gasteiger partial charge in [-0.3, -0.25) is 4.79 Å². The molecule has 0 unspecified atom stereocenters. The second-order valence-electron chi connectivity index (χ2n) is 6.12. The van der Waals surface area contributed by atoms with Crippen LogP contribution in [0.4, 0.5) is 4.39 Å². The summed E-state index contributed by atoms with van der Waals surface area (Å²) in [6, 6.07) is 6.59. The highest BCUT2D eigenvalue weighted by Gasteiger charge is 2.29. The molecule has 1 heterocycles. The molecule has 4 rings (SSSR count). The normalized spacial score (nSPS) is 17.1. The molecule has 0 bridgehead atoms. The Hall–Kier alpha value is -2.17. The van der Waals surface area contributed by atoms with Crippen molar-refractivity contribution in [2.45, 2.75) is 44.6 Å². The van der Waals surface area contributed by atoms with E-state index in [1.807, 2.05) is 4.68 Å². The zero-order valence-electron chi connectivity index (χ0n) is 12.3. The molecule has 1 N–H and O–H groups in total. The molecule has 0 spiro atoms. The minimum atomic E-state index is -0.267. The molecule has 0 radical (unpaired) electrons. The number of nitrogens with zero attached hydrogens (tertiary/aromatic N) is 2. The van der Waals surface area contributed by atoms with Gasteiger partial charge in [0.05, 0.1) is 5.69 Å². The zero-order chi connectivity index (χ0) is 15.1. The Morgan fingerprint density at radius 3 is 2.64 bits per heavy atom. The minimum absolute atomic E-state index is 0.0680. The number of hydrogen-bond acceptors (Lipinski definition) is 2. The molecule has 2 aromatic rings. The highest BCUT2D eigenvalue weighted by molar-refractivity contribution is 5.94. The molecule has 0 aliphatic heterocycles. The molecule has 2 aliphatic rings. The third-order valence-electron chi connectivity index (χ3n) is 4.38. The van der Waals surface area contributed by atoms with E-state index in [4.69, 9.17) is 0 Å². The summed E-state index contributed by atoms with van der Waals surface area (Å²) in [7, 11) is 0. The van der Waals surface area contributed by atoms with Gasteiger partial charge >= 0.3 is 0 Å². The number of rotatable bonds is 3. The second-order valence-corrected chi connectivity index (χ2v) is 6.12. The van der Waals surface area contributed by atoms with E-state index in [9.17, 15) is 9.18 Å². The smallest absolute Gasteiger partial charge is 0.272 e. The van der Waals surface area contributed by atoms with E-state index in [0.29, 0.717) is 11.7 Å². The van der Waals surface area contributed by atoms with Gasteiger partial charge in [-0.1, -0.05) is 0 Å². The van der Waals surface area contributed by atoms with Gasteiger partial charge in [-0.25, -0.2) is 9.07 Å². The van der Waals surface area contributed by atoms with Gasteiger partial charge in [0.25, 0.3) is 5.91 Å². The zero-order valence-corrected chi connectivity index (χ0v) is 12.3. The van der Waals surface area contributed by atoms with Gasteiger partial charge in [0.1, 0.15) is 5.82 Å². The van der Waals surface area contributed by atoms with E-state index in [2.05, 4.69) is 10.4 Å². The number of aromatic nitrogens is 2. The monoisotopic (exact) mass is 299 g/mol. The molecule has 1 aromatic carbocycles. The van der Waals surface area contributed by atoms with E-state index < -0.39 is 0 Å². The van der Waals surface area contributed by atoms with Crippen LogP contribution < -0.4 is 5.32 Å². The van der Waals surface area contributed by atoms with Crippen molar-refractivity contribution in [1.29, 1.82) is 0 Å². The number of benzene rings is 1. The summed E-state index contributed by atoms with van der Waals surface area (Å²) in [5.74, 6) is -0.335. The molecule has 1 fully saturated rings. The maximum absolute atomic E-state index is 13.1. The minimum Gasteiger partial charge on any atom is -0.348 e. The van der Waals surface area contributed by atoms with E-state index >= 15 is 0 Å². The average Bonchev–Trinajstić information content (AvgIpc) is 3.26. The van der Waals surface area contributed by atoms with Gasteiger partial charge in [0.15, 0.2) is 5.69 Å². The molecule has 1 amide bonds. The number of nitrogens with one attached hydrogen (secondary N) is 1. The molecule has 0 saturated heterocycles. The summed E-state index contributed by atoms with van der Waals surface area (Å²) in [5, 5.41) is 7.57. The van der Waals surface area contributed by atoms with E-state index in [1.165, 1.54) is 12.1 Å². The number of fused-ring (bicyclic) bond motifs is 1. The van der Waals surface area contributed by atoms with Crippen molar-refractivity contribution < 1.29 is 9.18 Å². The summed E-state index contributed by atoms with van der Waals surface area (Å²) < 4.78 is 14.9. The Morgan fingerprint density at radius 1 is 1.18 bits per heavy atom. The fourth-order valence-corrected chi connectivity index (χ4v) is 3.06. The largest absolute Gasteiger partial charge is 0.348 e. The molecule has 5 heteroatoms. The Kier molecular flexibility index (Phi) is 3.21. The molecule has 1 aromatic heterocycles.